The Bertz CT molecular complexity index is 854. The van der Waals surface area contributed by atoms with Crippen LogP contribution in [0.1, 0.15) is 52.4 Å². The lowest BCUT2D eigenvalue weighted by Crippen LogP contribution is -2.51. The molecule has 3 aliphatic heterocycles. The molecule has 1 saturated heterocycles. The van der Waals surface area contributed by atoms with Crippen molar-refractivity contribution < 1.29 is 4.74 Å². The molecule has 172 valence electrons. The van der Waals surface area contributed by atoms with Crippen molar-refractivity contribution in [3.05, 3.63) is 35.9 Å². The van der Waals surface area contributed by atoms with Crippen LogP contribution in [0.5, 0.6) is 0 Å². The first kappa shape index (κ1) is 22.5. The Morgan fingerprint density at radius 1 is 0.935 bits per heavy atom. The molecule has 2 aromatic heterocycles. The molecule has 1 spiro atoms. The lowest BCUT2D eigenvalue weighted by atomic mass is 9.85. The maximum Gasteiger partial charge on any atom is 0.0575 e. The van der Waals surface area contributed by atoms with E-state index in [4.69, 9.17) is 4.74 Å². The fourth-order valence-electron chi connectivity index (χ4n) is 4.95. The van der Waals surface area contributed by atoms with Crippen LogP contribution in [0.15, 0.2) is 24.5 Å². The zero-order valence-corrected chi connectivity index (χ0v) is 20.0. The first-order valence-electron chi connectivity index (χ1n) is 11.9. The van der Waals surface area contributed by atoms with Crippen molar-refractivity contribution in [3.63, 3.8) is 0 Å². The second-order valence-corrected chi connectivity index (χ2v) is 10.4. The van der Waals surface area contributed by atoms with Gasteiger partial charge in [-0.1, -0.05) is 20.8 Å². The maximum atomic E-state index is 5.39. The van der Waals surface area contributed by atoms with Gasteiger partial charge in [0.05, 0.1) is 31.1 Å². The van der Waals surface area contributed by atoms with E-state index in [1.165, 1.54) is 24.4 Å². The molecule has 3 aliphatic rings. The molecule has 2 aromatic rings. The molecule has 7 heteroatoms. The molecular weight excluding hydrogens is 388 g/mol. The Morgan fingerprint density at radius 2 is 1.58 bits per heavy atom. The number of hydrogen-bond donors (Lipinski definition) is 0. The summed E-state index contributed by atoms with van der Waals surface area (Å²) in [5.41, 5.74) is 3.36. The number of fused-ring (bicyclic) bond motifs is 2. The van der Waals surface area contributed by atoms with Crippen LogP contribution < -0.4 is 0 Å². The largest absolute Gasteiger partial charge is 0.380 e. The smallest absolute Gasteiger partial charge is 0.0575 e. The third-order valence-corrected chi connectivity index (χ3v) is 7.37. The molecule has 1 unspecified atom stereocenters. The molecule has 31 heavy (non-hydrogen) atoms. The second kappa shape index (κ2) is 9.04. The third-order valence-electron chi connectivity index (χ3n) is 7.37. The SMILES string of the molecule is CCC1(C)CN(C(C)C)Cc2ccnn2C1.CCN1Cc2ccnn2CC2(COC2)C1. The quantitative estimate of drug-likeness (QED) is 0.751. The molecular formula is C24H40N6O. The Labute approximate surface area is 187 Å². The monoisotopic (exact) mass is 428 g/mol. The van der Waals surface area contributed by atoms with Gasteiger partial charge < -0.3 is 4.74 Å². The molecule has 0 aliphatic carbocycles. The summed E-state index contributed by atoms with van der Waals surface area (Å²) >= 11 is 0. The van der Waals surface area contributed by atoms with Gasteiger partial charge in [-0.2, -0.15) is 10.2 Å². The van der Waals surface area contributed by atoms with E-state index in [0.29, 0.717) is 16.9 Å². The standard InChI is InChI=1S/C13H23N3.C11H17N3O/c1-5-13(4)9-15(11(2)3)8-12-6-7-14-16(12)10-13;1-2-13-5-10-3-4-12-14(10)7-11(6-13)8-15-9-11/h6-7,11H,5,8-10H2,1-4H3;3-4H,2,5-9H2,1H3. The summed E-state index contributed by atoms with van der Waals surface area (Å²) < 4.78 is 9.73. The van der Waals surface area contributed by atoms with Gasteiger partial charge in [0.15, 0.2) is 0 Å². The maximum absolute atomic E-state index is 5.39. The van der Waals surface area contributed by atoms with Crippen molar-refractivity contribution >= 4 is 0 Å². The van der Waals surface area contributed by atoms with Gasteiger partial charge in [-0.25, -0.2) is 0 Å². The molecule has 7 nitrogen and oxygen atoms in total. The van der Waals surface area contributed by atoms with Crippen LogP contribution in [-0.2, 0) is 30.9 Å². The van der Waals surface area contributed by atoms with Crippen molar-refractivity contribution in [3.8, 4) is 0 Å². The minimum atomic E-state index is 0.327. The summed E-state index contributed by atoms with van der Waals surface area (Å²) in [7, 11) is 0. The van der Waals surface area contributed by atoms with Crippen LogP contribution in [0.25, 0.3) is 0 Å². The minimum absolute atomic E-state index is 0.327. The lowest BCUT2D eigenvalue weighted by Gasteiger charge is -2.42. The van der Waals surface area contributed by atoms with E-state index < -0.39 is 0 Å². The van der Waals surface area contributed by atoms with E-state index >= 15 is 0 Å². The summed E-state index contributed by atoms with van der Waals surface area (Å²) in [4.78, 5) is 5.05. The van der Waals surface area contributed by atoms with E-state index in [2.05, 4.69) is 76.1 Å². The average molecular weight is 429 g/mol. The first-order chi connectivity index (χ1) is 14.9. The van der Waals surface area contributed by atoms with Crippen LogP contribution in [0, 0.1) is 10.8 Å². The molecule has 0 saturated carbocycles. The normalized spacial score (nSPS) is 25.7. The van der Waals surface area contributed by atoms with E-state index in [0.717, 1.165) is 52.5 Å². The summed E-state index contributed by atoms with van der Waals surface area (Å²) in [5, 5.41) is 8.84. The van der Waals surface area contributed by atoms with Gasteiger partial charge in [0.1, 0.15) is 0 Å². The molecule has 1 atom stereocenters. The minimum Gasteiger partial charge on any atom is -0.380 e. The average Bonchev–Trinajstić information content (AvgIpc) is 3.27. The number of hydrogen-bond acceptors (Lipinski definition) is 5. The third kappa shape index (κ3) is 4.89. The van der Waals surface area contributed by atoms with Crippen molar-refractivity contribution in [1.29, 1.82) is 0 Å². The highest BCUT2D eigenvalue weighted by Gasteiger charge is 2.42. The van der Waals surface area contributed by atoms with Gasteiger partial charge >= 0.3 is 0 Å². The summed E-state index contributed by atoms with van der Waals surface area (Å²) in [6.45, 7) is 20.8. The molecule has 0 amide bonds. The Hall–Kier alpha value is -1.70. The van der Waals surface area contributed by atoms with Crippen LogP contribution in [0.3, 0.4) is 0 Å². The summed E-state index contributed by atoms with van der Waals surface area (Å²) in [6, 6.07) is 4.88. The molecule has 1 fully saturated rings. The lowest BCUT2D eigenvalue weighted by molar-refractivity contribution is -0.132. The van der Waals surface area contributed by atoms with E-state index in [-0.39, 0.29) is 0 Å². The van der Waals surface area contributed by atoms with Gasteiger partial charge in [-0.05, 0) is 44.4 Å². The van der Waals surface area contributed by atoms with Crippen molar-refractivity contribution in [2.75, 3.05) is 32.8 Å². The van der Waals surface area contributed by atoms with Crippen LogP contribution in [0.4, 0.5) is 0 Å². The number of nitrogens with zero attached hydrogens (tertiary/aromatic N) is 6. The highest BCUT2D eigenvalue weighted by Crippen LogP contribution is 2.33. The van der Waals surface area contributed by atoms with E-state index in [1.807, 2.05) is 12.4 Å². The zero-order valence-electron chi connectivity index (χ0n) is 20.0. The number of ether oxygens (including phenoxy) is 1. The predicted molar refractivity (Wildman–Crippen MR) is 123 cm³/mol. The molecule has 5 rings (SSSR count). The van der Waals surface area contributed by atoms with Crippen molar-refractivity contribution in [2.45, 2.75) is 73.3 Å². The number of rotatable bonds is 3. The first-order valence-corrected chi connectivity index (χ1v) is 11.9. The highest BCUT2D eigenvalue weighted by atomic mass is 16.5. The highest BCUT2D eigenvalue weighted by molar-refractivity contribution is 5.06. The predicted octanol–water partition coefficient (Wildman–Crippen LogP) is 3.26. The summed E-state index contributed by atoms with van der Waals surface area (Å²) in [5.74, 6) is 0. The van der Waals surface area contributed by atoms with Gasteiger partial charge in [0, 0.05) is 56.6 Å². The fraction of sp³-hybridized carbons (Fsp3) is 0.750. The van der Waals surface area contributed by atoms with E-state index in [1.54, 1.807) is 0 Å². The Kier molecular flexibility index (Phi) is 6.56. The van der Waals surface area contributed by atoms with Crippen LogP contribution in [-0.4, -0.2) is 68.3 Å². The summed E-state index contributed by atoms with van der Waals surface area (Å²) in [6.07, 6.45) is 5.03. The zero-order chi connectivity index (χ0) is 22.1. The molecule has 0 N–H and O–H groups in total. The van der Waals surface area contributed by atoms with Crippen molar-refractivity contribution in [2.24, 2.45) is 10.8 Å². The van der Waals surface area contributed by atoms with Crippen LogP contribution >= 0.6 is 0 Å². The second-order valence-electron chi connectivity index (χ2n) is 10.4. The topological polar surface area (TPSA) is 51.4 Å². The Morgan fingerprint density at radius 3 is 2.13 bits per heavy atom. The van der Waals surface area contributed by atoms with Gasteiger partial charge in [0.2, 0.25) is 0 Å². The van der Waals surface area contributed by atoms with Gasteiger partial charge in [-0.15, -0.1) is 0 Å². The fourth-order valence-corrected chi connectivity index (χ4v) is 4.95. The van der Waals surface area contributed by atoms with Gasteiger partial charge in [0.25, 0.3) is 0 Å². The molecule has 0 bridgehead atoms. The number of aromatic nitrogens is 4. The Balaban J connectivity index is 0.000000149. The molecule has 0 radical (unpaired) electrons. The molecule has 5 heterocycles. The van der Waals surface area contributed by atoms with Crippen LogP contribution in [0.2, 0.25) is 0 Å². The van der Waals surface area contributed by atoms with Gasteiger partial charge in [-0.3, -0.25) is 19.2 Å². The van der Waals surface area contributed by atoms with E-state index in [9.17, 15) is 0 Å². The van der Waals surface area contributed by atoms with Crippen molar-refractivity contribution in [1.82, 2.24) is 29.4 Å². The molecule has 0 aromatic carbocycles.